The van der Waals surface area contributed by atoms with E-state index in [0.717, 1.165) is 11.1 Å². The minimum atomic E-state index is -3.81. The van der Waals surface area contributed by atoms with Crippen molar-refractivity contribution in [2.75, 3.05) is 13.2 Å². The average molecular weight is 438 g/mol. The molecule has 0 fully saturated rings. The molecule has 2 atom stereocenters. The van der Waals surface area contributed by atoms with Crippen molar-refractivity contribution < 1.29 is 32.7 Å². The third kappa shape index (κ3) is 7.56. The highest BCUT2D eigenvalue weighted by atomic mass is 31.2. The van der Waals surface area contributed by atoms with Crippen LogP contribution in [-0.4, -0.2) is 37.4 Å². The van der Waals surface area contributed by atoms with Gasteiger partial charge in [-0.15, -0.1) is 0 Å². The van der Waals surface area contributed by atoms with Crippen LogP contribution in [0.3, 0.4) is 0 Å². The molecule has 0 heterocycles. The Kier molecular flexibility index (Phi) is 9.69. The number of rotatable bonds is 11. The van der Waals surface area contributed by atoms with Crippen molar-refractivity contribution in [3.63, 3.8) is 0 Å². The average Bonchev–Trinajstić information content (AvgIpc) is 2.66. The highest BCUT2D eigenvalue weighted by molar-refractivity contribution is 7.62. The summed E-state index contributed by atoms with van der Waals surface area (Å²) in [6, 6.07) is 5.31. The maximum Gasteiger partial charge on any atom is 0.361 e. The largest absolute Gasteiger partial charge is 0.457 e. The Hall–Kier alpha value is -2.21. The number of carbonyl (C=O) groups excluding carboxylic acids is 2. The number of esters is 2. The zero-order chi connectivity index (χ0) is 23.1. The van der Waals surface area contributed by atoms with Gasteiger partial charge in [0, 0.05) is 11.1 Å². The smallest absolute Gasteiger partial charge is 0.361 e. The fourth-order valence-electron chi connectivity index (χ4n) is 2.25. The number of carbonyl (C=O) groups is 2. The lowest BCUT2D eigenvalue weighted by Gasteiger charge is -2.24. The van der Waals surface area contributed by atoms with Gasteiger partial charge in [0.1, 0.15) is 12.2 Å². The minimum Gasteiger partial charge on any atom is -0.457 e. The lowest BCUT2D eigenvalue weighted by atomic mass is 10.1. The van der Waals surface area contributed by atoms with Crippen molar-refractivity contribution in [2.45, 2.75) is 53.8 Å². The van der Waals surface area contributed by atoms with Gasteiger partial charge in [-0.05, 0) is 58.7 Å². The Bertz CT molecular complexity index is 817. The highest BCUT2D eigenvalue weighted by Gasteiger charge is 2.32. The zero-order valence-corrected chi connectivity index (χ0v) is 19.4. The van der Waals surface area contributed by atoms with Crippen LogP contribution in [0.4, 0.5) is 0 Å². The molecule has 1 rings (SSSR count). The van der Waals surface area contributed by atoms with E-state index in [4.69, 9.17) is 18.5 Å². The summed E-state index contributed by atoms with van der Waals surface area (Å²) in [5, 5.41) is 0.402. The first-order valence-corrected chi connectivity index (χ1v) is 11.1. The number of hydrogen-bond acceptors (Lipinski definition) is 7. The summed E-state index contributed by atoms with van der Waals surface area (Å²) in [4.78, 5) is 23.4. The standard InChI is InChI=1S/C22H31O7P/c1-14(2)21(23)28-17(6)12-26-30(25,20-11-9-10-16(5)19(20)8)27-13-18(7)29-22(24)15(3)4/h9-11,17-18H,1,3,12-13H2,2,4-8H3. The molecule has 0 aliphatic heterocycles. The third-order valence-corrected chi connectivity index (χ3v) is 6.20. The van der Waals surface area contributed by atoms with E-state index in [0.29, 0.717) is 5.30 Å². The monoisotopic (exact) mass is 438 g/mol. The molecule has 1 aromatic carbocycles. The van der Waals surface area contributed by atoms with E-state index in [1.165, 1.54) is 13.8 Å². The Labute approximate surface area is 178 Å². The van der Waals surface area contributed by atoms with Crippen molar-refractivity contribution >= 4 is 24.8 Å². The van der Waals surface area contributed by atoms with Gasteiger partial charge in [0.2, 0.25) is 0 Å². The van der Waals surface area contributed by atoms with Gasteiger partial charge in [-0.25, -0.2) is 9.59 Å². The molecule has 0 aliphatic carbocycles. The molecule has 0 saturated carbocycles. The number of benzene rings is 1. The SMILES string of the molecule is C=C(C)C(=O)OC(C)COP(=O)(OCC(C)OC(=O)C(=C)C)c1cccc(C)c1C. The van der Waals surface area contributed by atoms with Crippen LogP contribution in [0, 0.1) is 13.8 Å². The summed E-state index contributed by atoms with van der Waals surface area (Å²) in [5.74, 6) is -1.12. The minimum absolute atomic E-state index is 0.149. The maximum absolute atomic E-state index is 13.7. The van der Waals surface area contributed by atoms with Gasteiger partial charge in [0.15, 0.2) is 0 Å². The lowest BCUT2D eigenvalue weighted by Crippen LogP contribution is -2.25. The molecule has 7 nitrogen and oxygen atoms in total. The van der Waals surface area contributed by atoms with Crippen LogP contribution in [0.5, 0.6) is 0 Å². The van der Waals surface area contributed by atoms with Crippen LogP contribution in [0.25, 0.3) is 0 Å². The predicted octanol–water partition coefficient (Wildman–Crippen LogP) is 4.17. The van der Waals surface area contributed by atoms with Crippen LogP contribution >= 0.6 is 7.60 Å². The van der Waals surface area contributed by atoms with E-state index in [-0.39, 0.29) is 24.4 Å². The van der Waals surface area contributed by atoms with Gasteiger partial charge in [-0.3, -0.25) is 4.57 Å². The molecule has 1 aromatic rings. The van der Waals surface area contributed by atoms with Crippen molar-refractivity contribution in [2.24, 2.45) is 0 Å². The molecular weight excluding hydrogens is 407 g/mol. The molecular formula is C22H31O7P. The molecule has 166 valence electrons. The van der Waals surface area contributed by atoms with E-state index < -0.39 is 31.7 Å². The van der Waals surface area contributed by atoms with Gasteiger partial charge in [0.05, 0.1) is 18.5 Å². The van der Waals surface area contributed by atoms with Crippen LogP contribution in [0.15, 0.2) is 42.5 Å². The summed E-state index contributed by atoms with van der Waals surface area (Å²) in [6.07, 6.45) is -1.34. The molecule has 0 bridgehead atoms. The van der Waals surface area contributed by atoms with Crippen molar-refractivity contribution in [3.05, 3.63) is 53.6 Å². The summed E-state index contributed by atoms with van der Waals surface area (Å²) in [5.41, 5.74) is 2.19. The second-order valence-corrected chi connectivity index (χ2v) is 9.29. The van der Waals surface area contributed by atoms with E-state index in [1.807, 2.05) is 19.9 Å². The van der Waals surface area contributed by atoms with Gasteiger partial charge < -0.3 is 18.5 Å². The molecule has 2 unspecified atom stereocenters. The molecule has 0 aromatic heterocycles. The second kappa shape index (κ2) is 11.3. The first-order chi connectivity index (χ1) is 13.9. The van der Waals surface area contributed by atoms with Gasteiger partial charge in [-0.1, -0.05) is 25.3 Å². The van der Waals surface area contributed by atoms with Crippen molar-refractivity contribution in [3.8, 4) is 0 Å². The molecule has 0 aliphatic rings. The topological polar surface area (TPSA) is 88.1 Å². The molecule has 8 heteroatoms. The molecule has 0 radical (unpaired) electrons. The first-order valence-electron chi connectivity index (χ1n) is 9.56. The van der Waals surface area contributed by atoms with Gasteiger partial charge >= 0.3 is 19.5 Å². The first kappa shape index (κ1) is 25.8. The van der Waals surface area contributed by atoms with Crippen LogP contribution in [0.2, 0.25) is 0 Å². The van der Waals surface area contributed by atoms with E-state index >= 15 is 0 Å². The van der Waals surface area contributed by atoms with E-state index in [1.54, 1.807) is 26.0 Å². The number of ether oxygens (including phenoxy) is 2. The van der Waals surface area contributed by atoms with E-state index in [9.17, 15) is 14.2 Å². The normalized spacial score (nSPS) is 14.9. The van der Waals surface area contributed by atoms with Gasteiger partial charge in [-0.2, -0.15) is 0 Å². The van der Waals surface area contributed by atoms with E-state index in [2.05, 4.69) is 13.2 Å². The van der Waals surface area contributed by atoms with Crippen molar-refractivity contribution in [1.29, 1.82) is 0 Å². The Morgan fingerprint density at radius 2 is 1.37 bits per heavy atom. The fourth-order valence-corrected chi connectivity index (χ4v) is 4.27. The Morgan fingerprint density at radius 3 is 1.77 bits per heavy atom. The quantitative estimate of drug-likeness (QED) is 0.291. The summed E-state index contributed by atoms with van der Waals surface area (Å²) >= 11 is 0. The molecule has 0 spiro atoms. The second-order valence-electron chi connectivity index (χ2n) is 7.30. The molecule has 0 saturated heterocycles. The zero-order valence-electron chi connectivity index (χ0n) is 18.5. The fraction of sp³-hybridized carbons (Fsp3) is 0.455. The Morgan fingerprint density at radius 1 is 0.933 bits per heavy atom. The van der Waals surface area contributed by atoms with Crippen LogP contribution < -0.4 is 5.30 Å². The van der Waals surface area contributed by atoms with Crippen LogP contribution in [-0.2, 0) is 32.7 Å². The highest BCUT2D eigenvalue weighted by Crippen LogP contribution is 2.48. The Balaban J connectivity index is 3.00. The summed E-state index contributed by atoms with van der Waals surface area (Å²) < 4.78 is 35.4. The third-order valence-electron chi connectivity index (χ3n) is 4.14. The molecule has 30 heavy (non-hydrogen) atoms. The maximum atomic E-state index is 13.7. The summed E-state index contributed by atoms with van der Waals surface area (Å²) in [7, 11) is -3.81. The predicted molar refractivity (Wildman–Crippen MR) is 116 cm³/mol. The molecule has 0 N–H and O–H groups in total. The van der Waals surface area contributed by atoms with Gasteiger partial charge in [0.25, 0.3) is 0 Å². The lowest BCUT2D eigenvalue weighted by molar-refractivity contribution is -0.145. The number of aryl methyl sites for hydroxylation is 1. The number of hydrogen-bond donors (Lipinski definition) is 0. The van der Waals surface area contributed by atoms with Crippen molar-refractivity contribution in [1.82, 2.24) is 0 Å². The van der Waals surface area contributed by atoms with Crippen LogP contribution in [0.1, 0.15) is 38.8 Å². The summed E-state index contributed by atoms with van der Waals surface area (Å²) in [6.45, 7) is 16.8. The molecule has 0 amide bonds.